The lowest BCUT2D eigenvalue weighted by Crippen LogP contribution is -2.52. The van der Waals surface area contributed by atoms with Gasteiger partial charge in [-0.05, 0) is 42.7 Å². The molecule has 1 aromatic heterocycles. The molecule has 0 radical (unpaired) electrons. The molecule has 0 unspecified atom stereocenters. The van der Waals surface area contributed by atoms with E-state index in [1.54, 1.807) is 24.5 Å². The van der Waals surface area contributed by atoms with E-state index in [9.17, 15) is 18.4 Å². The molecule has 0 aliphatic carbocycles. The topological polar surface area (TPSA) is 90.9 Å². The van der Waals surface area contributed by atoms with Crippen LogP contribution in [0.1, 0.15) is 40.7 Å². The lowest BCUT2D eigenvalue weighted by molar-refractivity contribution is -0.0509. The van der Waals surface area contributed by atoms with Gasteiger partial charge in [0.1, 0.15) is 5.75 Å². The summed E-state index contributed by atoms with van der Waals surface area (Å²) in [7, 11) is 0. The third kappa shape index (κ3) is 3.70. The van der Waals surface area contributed by atoms with Crippen LogP contribution in [0.15, 0.2) is 54.9 Å². The molecule has 3 aromatic rings. The number of ether oxygens (including phenoxy) is 1. The summed E-state index contributed by atoms with van der Waals surface area (Å²) >= 11 is 0. The van der Waals surface area contributed by atoms with Crippen molar-refractivity contribution in [1.82, 2.24) is 25.1 Å². The Bertz CT molecular complexity index is 1500. The number of hydrogen-bond acceptors (Lipinski definition) is 6. The van der Waals surface area contributed by atoms with E-state index >= 15 is 0 Å². The van der Waals surface area contributed by atoms with Crippen molar-refractivity contribution < 1.29 is 23.1 Å². The maximum Gasteiger partial charge on any atom is 0.387 e. The Morgan fingerprint density at radius 2 is 1.85 bits per heavy atom. The van der Waals surface area contributed by atoms with Crippen LogP contribution in [-0.2, 0) is 5.54 Å². The first-order chi connectivity index (χ1) is 19.3. The summed E-state index contributed by atoms with van der Waals surface area (Å²) < 4.78 is 31.3. The number of carbonyl (C=O) groups is 2. The maximum absolute atomic E-state index is 13.4. The number of amides is 3. The SMILES string of the molecule is C[C@@]12c3cc(-c4cnc(N5CCN6C(=O)NC[C@@H]6C5)nc4)ccc3C(=O)N1CC[C@@H]2c1ccccc1OC(F)F. The minimum absolute atomic E-state index is 0.0159. The number of piperazine rings is 1. The number of alkyl halides is 2. The molecule has 4 aliphatic rings. The molecule has 4 aliphatic heterocycles. The van der Waals surface area contributed by atoms with Gasteiger partial charge >= 0.3 is 12.6 Å². The maximum atomic E-state index is 13.4. The van der Waals surface area contributed by atoms with E-state index < -0.39 is 12.2 Å². The van der Waals surface area contributed by atoms with Crippen LogP contribution >= 0.6 is 0 Å². The molecular weight excluding hydrogens is 518 g/mol. The Hall–Kier alpha value is -4.28. The number of nitrogens with one attached hydrogen (secondary N) is 1. The fourth-order valence-electron chi connectivity index (χ4n) is 6.93. The molecule has 11 heteroatoms. The Kier molecular flexibility index (Phi) is 5.65. The number of hydrogen-bond donors (Lipinski definition) is 1. The molecule has 2 aromatic carbocycles. The number of carbonyl (C=O) groups excluding carboxylic acids is 2. The average molecular weight is 547 g/mol. The van der Waals surface area contributed by atoms with E-state index in [0.29, 0.717) is 56.2 Å². The van der Waals surface area contributed by atoms with Crippen molar-refractivity contribution >= 4 is 17.9 Å². The number of fused-ring (bicyclic) bond motifs is 4. The second-order valence-electron chi connectivity index (χ2n) is 10.9. The van der Waals surface area contributed by atoms with E-state index in [1.165, 1.54) is 0 Å². The van der Waals surface area contributed by atoms with E-state index in [-0.39, 0.29) is 29.6 Å². The first kappa shape index (κ1) is 24.7. The molecule has 1 N–H and O–H groups in total. The van der Waals surface area contributed by atoms with Crippen molar-refractivity contribution in [3.8, 4) is 16.9 Å². The number of para-hydroxylation sites is 1. The van der Waals surface area contributed by atoms with Crippen LogP contribution < -0.4 is 15.0 Å². The summed E-state index contributed by atoms with van der Waals surface area (Å²) in [6.07, 6.45) is 4.20. The van der Waals surface area contributed by atoms with Crippen molar-refractivity contribution in [3.05, 3.63) is 71.5 Å². The number of halogens is 2. The standard InChI is InChI=1S/C29H28F2N6O3/c1-29-22(20-4-2-3-5-24(20)40-26(30)31)8-9-37(29)25(38)21-7-6-17(12-23(21)29)18-13-32-27(33-14-18)35-10-11-36-19(16-35)15-34-28(36)39/h2-7,12-14,19,22,26H,8-11,15-16H2,1H3,(H,34,39)/t19-,22-,29-/m1/s1. The molecule has 0 saturated carbocycles. The molecule has 0 spiro atoms. The minimum Gasteiger partial charge on any atom is -0.435 e. The first-order valence-corrected chi connectivity index (χ1v) is 13.5. The largest absolute Gasteiger partial charge is 0.435 e. The van der Waals surface area contributed by atoms with Crippen LogP contribution in [0.3, 0.4) is 0 Å². The van der Waals surface area contributed by atoms with E-state index in [4.69, 9.17) is 4.74 Å². The van der Waals surface area contributed by atoms with Crippen molar-refractivity contribution in [3.63, 3.8) is 0 Å². The molecule has 0 bridgehead atoms. The summed E-state index contributed by atoms with van der Waals surface area (Å²) in [4.78, 5) is 40.4. The van der Waals surface area contributed by atoms with Crippen molar-refractivity contribution in [2.24, 2.45) is 0 Å². The normalized spacial score (nSPS) is 25.2. The van der Waals surface area contributed by atoms with Gasteiger partial charge in [0.2, 0.25) is 5.95 Å². The second kappa shape index (κ2) is 9.14. The fourth-order valence-corrected chi connectivity index (χ4v) is 6.93. The van der Waals surface area contributed by atoms with Crippen LogP contribution in [0.4, 0.5) is 19.5 Å². The molecular formula is C29H28F2N6O3. The van der Waals surface area contributed by atoms with Gasteiger partial charge < -0.3 is 24.8 Å². The van der Waals surface area contributed by atoms with Gasteiger partial charge in [0.25, 0.3) is 5.91 Å². The van der Waals surface area contributed by atoms with Gasteiger partial charge in [0.15, 0.2) is 0 Å². The summed E-state index contributed by atoms with van der Waals surface area (Å²) in [6.45, 7) is 2.19. The smallest absolute Gasteiger partial charge is 0.387 e. The summed E-state index contributed by atoms with van der Waals surface area (Å²) in [5, 5.41) is 2.88. The van der Waals surface area contributed by atoms with Crippen LogP contribution in [0.25, 0.3) is 11.1 Å². The number of nitrogens with zero attached hydrogens (tertiary/aromatic N) is 5. The van der Waals surface area contributed by atoms with Gasteiger partial charge in [-0.25, -0.2) is 14.8 Å². The third-order valence-electron chi connectivity index (χ3n) is 8.92. The van der Waals surface area contributed by atoms with Crippen LogP contribution in [0.2, 0.25) is 0 Å². The summed E-state index contributed by atoms with van der Waals surface area (Å²) in [6, 6.07) is 12.7. The van der Waals surface area contributed by atoms with E-state index in [2.05, 4.69) is 20.2 Å². The van der Waals surface area contributed by atoms with Gasteiger partial charge in [0.05, 0.1) is 11.6 Å². The minimum atomic E-state index is -2.93. The van der Waals surface area contributed by atoms with Crippen molar-refractivity contribution in [1.29, 1.82) is 0 Å². The molecule has 3 amide bonds. The molecule has 3 atom stereocenters. The fraction of sp³-hybridized carbons (Fsp3) is 0.379. The van der Waals surface area contributed by atoms with Gasteiger partial charge in [0, 0.05) is 67.7 Å². The number of benzene rings is 2. The zero-order valence-electron chi connectivity index (χ0n) is 21.9. The highest BCUT2D eigenvalue weighted by atomic mass is 19.3. The van der Waals surface area contributed by atoms with Crippen molar-refractivity contribution in [2.75, 3.05) is 37.6 Å². The number of anilines is 1. The molecule has 9 nitrogen and oxygen atoms in total. The predicted molar refractivity (Wildman–Crippen MR) is 142 cm³/mol. The Morgan fingerprint density at radius 1 is 1.05 bits per heavy atom. The summed E-state index contributed by atoms with van der Waals surface area (Å²) in [5.74, 6) is 0.496. The second-order valence-corrected chi connectivity index (χ2v) is 10.9. The number of rotatable bonds is 5. The number of urea groups is 1. The molecule has 206 valence electrons. The Morgan fingerprint density at radius 3 is 2.65 bits per heavy atom. The molecule has 7 rings (SSSR count). The highest BCUT2D eigenvalue weighted by Gasteiger charge is 2.55. The van der Waals surface area contributed by atoms with E-state index in [0.717, 1.165) is 16.7 Å². The molecule has 3 fully saturated rings. The van der Waals surface area contributed by atoms with Crippen LogP contribution in [-0.4, -0.2) is 77.1 Å². The lowest BCUT2D eigenvalue weighted by atomic mass is 9.76. The number of aromatic nitrogens is 2. The zero-order chi connectivity index (χ0) is 27.6. The molecule has 5 heterocycles. The van der Waals surface area contributed by atoms with Gasteiger partial charge in [-0.2, -0.15) is 8.78 Å². The zero-order valence-corrected chi connectivity index (χ0v) is 21.9. The summed E-state index contributed by atoms with van der Waals surface area (Å²) in [5.41, 5.74) is 3.14. The van der Waals surface area contributed by atoms with Crippen molar-refractivity contribution in [2.45, 2.75) is 37.5 Å². The highest BCUT2D eigenvalue weighted by molar-refractivity contribution is 6.01. The van der Waals surface area contributed by atoms with Gasteiger partial charge in [-0.1, -0.05) is 24.3 Å². The molecule has 3 saturated heterocycles. The third-order valence-corrected chi connectivity index (χ3v) is 8.92. The monoisotopic (exact) mass is 546 g/mol. The quantitative estimate of drug-likeness (QED) is 0.524. The Balaban J connectivity index is 1.19. The van der Waals surface area contributed by atoms with Gasteiger partial charge in [-0.15, -0.1) is 0 Å². The first-order valence-electron chi connectivity index (χ1n) is 13.5. The lowest BCUT2D eigenvalue weighted by Gasteiger charge is -2.36. The average Bonchev–Trinajstić information content (AvgIpc) is 3.58. The highest BCUT2D eigenvalue weighted by Crippen LogP contribution is 2.56. The van der Waals surface area contributed by atoms with E-state index in [1.807, 2.05) is 47.1 Å². The molecule has 40 heavy (non-hydrogen) atoms. The van der Waals surface area contributed by atoms with Crippen LogP contribution in [0, 0.1) is 0 Å². The predicted octanol–water partition coefficient (Wildman–Crippen LogP) is 3.82. The Labute approximate surface area is 229 Å². The van der Waals surface area contributed by atoms with Crippen LogP contribution in [0.5, 0.6) is 5.75 Å². The van der Waals surface area contributed by atoms with Gasteiger partial charge in [-0.3, -0.25) is 4.79 Å².